The smallest absolute Gasteiger partial charge is 0.410 e. The van der Waals surface area contributed by atoms with E-state index in [4.69, 9.17) is 4.74 Å². The molecule has 0 saturated carbocycles. The van der Waals surface area contributed by atoms with Crippen LogP contribution in [0.2, 0.25) is 0 Å². The van der Waals surface area contributed by atoms with E-state index in [0.717, 1.165) is 32.5 Å². The monoisotopic (exact) mass is 430 g/mol. The van der Waals surface area contributed by atoms with Crippen molar-refractivity contribution in [3.8, 4) is 0 Å². The molecule has 0 aliphatic carbocycles. The van der Waals surface area contributed by atoms with Crippen LogP contribution < -0.4 is 5.32 Å². The van der Waals surface area contributed by atoms with Crippen LogP contribution in [0.4, 0.5) is 10.5 Å². The third-order valence-electron chi connectivity index (χ3n) is 3.94. The molecule has 4 nitrogen and oxygen atoms in total. The van der Waals surface area contributed by atoms with Crippen LogP contribution in [0.1, 0.15) is 39.2 Å². The molecule has 1 aliphatic rings. The minimum Gasteiger partial charge on any atom is -0.444 e. The maximum atomic E-state index is 12.2. The zero-order chi connectivity index (χ0) is 17.0. The predicted octanol–water partition coefficient (Wildman–Crippen LogP) is 4.66. The highest BCUT2D eigenvalue weighted by Gasteiger charge is 2.27. The molecule has 1 N–H and O–H groups in total. The third-order valence-corrected chi connectivity index (χ3v) is 4.61. The standard InChI is InChI=1S/C18H27IN2O2/c1-13-10-15(19)7-8-16(13)20-11-14-6-5-9-21(12-14)17(22)23-18(2,3)4/h7-8,10,14,20H,5-6,9,11-12H2,1-4H3. The molecule has 2 rings (SSSR count). The van der Waals surface area contributed by atoms with Crippen LogP contribution in [0.15, 0.2) is 18.2 Å². The Morgan fingerprint density at radius 3 is 2.83 bits per heavy atom. The van der Waals surface area contributed by atoms with Crippen molar-refractivity contribution in [3.63, 3.8) is 0 Å². The number of likely N-dealkylation sites (tertiary alicyclic amines) is 1. The van der Waals surface area contributed by atoms with Gasteiger partial charge in [-0.05, 0) is 92.8 Å². The van der Waals surface area contributed by atoms with Gasteiger partial charge in [-0.15, -0.1) is 0 Å². The van der Waals surface area contributed by atoms with E-state index in [1.54, 1.807) is 0 Å². The summed E-state index contributed by atoms with van der Waals surface area (Å²) in [5.74, 6) is 0.468. The fourth-order valence-corrected chi connectivity index (χ4v) is 3.45. The number of rotatable bonds is 3. The molecule has 0 spiro atoms. The Labute approximate surface area is 153 Å². The van der Waals surface area contributed by atoms with Gasteiger partial charge in [0.1, 0.15) is 5.60 Å². The van der Waals surface area contributed by atoms with Crippen molar-refractivity contribution < 1.29 is 9.53 Å². The molecule has 23 heavy (non-hydrogen) atoms. The number of hydrogen-bond acceptors (Lipinski definition) is 3. The molecule has 1 atom stereocenters. The van der Waals surface area contributed by atoms with Crippen molar-refractivity contribution in [2.75, 3.05) is 25.0 Å². The average Bonchev–Trinajstić information content (AvgIpc) is 2.45. The number of carbonyl (C=O) groups excluding carboxylic acids is 1. The van der Waals surface area contributed by atoms with E-state index in [2.05, 4.69) is 53.0 Å². The second-order valence-corrected chi connectivity index (χ2v) is 8.52. The van der Waals surface area contributed by atoms with Crippen LogP contribution in [0.25, 0.3) is 0 Å². The molecule has 1 aromatic carbocycles. The first-order valence-corrected chi connectivity index (χ1v) is 9.30. The van der Waals surface area contributed by atoms with E-state index < -0.39 is 5.60 Å². The zero-order valence-corrected chi connectivity index (χ0v) is 16.6. The summed E-state index contributed by atoms with van der Waals surface area (Å²) in [4.78, 5) is 14.1. The van der Waals surface area contributed by atoms with E-state index in [0.29, 0.717) is 5.92 Å². The Balaban J connectivity index is 1.87. The van der Waals surface area contributed by atoms with Gasteiger partial charge in [0, 0.05) is 28.9 Å². The summed E-state index contributed by atoms with van der Waals surface area (Å²) in [6, 6.07) is 6.42. The lowest BCUT2D eigenvalue weighted by atomic mass is 9.98. The van der Waals surface area contributed by atoms with Crippen molar-refractivity contribution in [3.05, 3.63) is 27.3 Å². The summed E-state index contributed by atoms with van der Waals surface area (Å²) >= 11 is 2.33. The van der Waals surface area contributed by atoms with E-state index in [1.807, 2.05) is 25.7 Å². The summed E-state index contributed by atoms with van der Waals surface area (Å²) in [5, 5.41) is 3.54. The molecule has 1 heterocycles. The normalized spacial score (nSPS) is 18.7. The van der Waals surface area contributed by atoms with Gasteiger partial charge in [-0.3, -0.25) is 0 Å². The van der Waals surface area contributed by atoms with Gasteiger partial charge in [-0.2, -0.15) is 0 Å². The van der Waals surface area contributed by atoms with E-state index in [-0.39, 0.29) is 6.09 Å². The highest BCUT2D eigenvalue weighted by Crippen LogP contribution is 2.22. The van der Waals surface area contributed by atoms with Crippen molar-refractivity contribution in [1.82, 2.24) is 4.90 Å². The van der Waals surface area contributed by atoms with Gasteiger partial charge < -0.3 is 15.0 Å². The van der Waals surface area contributed by atoms with Crippen LogP contribution in [0.3, 0.4) is 0 Å². The number of nitrogens with zero attached hydrogens (tertiary/aromatic N) is 1. The number of amides is 1. The van der Waals surface area contributed by atoms with E-state index in [9.17, 15) is 4.79 Å². The minimum atomic E-state index is -0.430. The van der Waals surface area contributed by atoms with Crippen molar-refractivity contribution in [2.24, 2.45) is 5.92 Å². The summed E-state index contributed by atoms with van der Waals surface area (Å²) in [5.41, 5.74) is 2.01. The third kappa shape index (κ3) is 5.86. The predicted molar refractivity (Wildman–Crippen MR) is 103 cm³/mol. The number of nitrogens with one attached hydrogen (secondary N) is 1. The van der Waals surface area contributed by atoms with Gasteiger partial charge in [0.25, 0.3) is 0 Å². The largest absolute Gasteiger partial charge is 0.444 e. The van der Waals surface area contributed by atoms with Crippen LogP contribution in [0, 0.1) is 16.4 Å². The Hall–Kier alpha value is -0.980. The molecule has 1 fully saturated rings. The average molecular weight is 430 g/mol. The van der Waals surface area contributed by atoms with Crippen molar-refractivity contribution in [1.29, 1.82) is 0 Å². The topological polar surface area (TPSA) is 41.6 Å². The quantitative estimate of drug-likeness (QED) is 0.710. The first kappa shape index (κ1) is 18.4. The van der Waals surface area contributed by atoms with Crippen LogP contribution >= 0.6 is 22.6 Å². The number of halogens is 1. The molecule has 0 bridgehead atoms. The Morgan fingerprint density at radius 2 is 2.17 bits per heavy atom. The molecule has 128 valence electrons. The molecule has 1 unspecified atom stereocenters. The first-order valence-electron chi connectivity index (χ1n) is 8.22. The Kier molecular flexibility index (Phi) is 6.17. The number of anilines is 1. The number of benzene rings is 1. The molecule has 0 radical (unpaired) electrons. The molecule has 1 saturated heterocycles. The lowest BCUT2D eigenvalue weighted by Gasteiger charge is -2.34. The van der Waals surface area contributed by atoms with Gasteiger partial charge >= 0.3 is 6.09 Å². The molecule has 0 aromatic heterocycles. The number of ether oxygens (including phenoxy) is 1. The number of aryl methyl sites for hydroxylation is 1. The highest BCUT2D eigenvalue weighted by molar-refractivity contribution is 14.1. The SMILES string of the molecule is Cc1cc(I)ccc1NCC1CCCN(C(=O)OC(C)(C)C)C1. The Morgan fingerprint density at radius 1 is 1.43 bits per heavy atom. The molecule has 1 amide bonds. The number of hydrogen-bond donors (Lipinski definition) is 1. The highest BCUT2D eigenvalue weighted by atomic mass is 127. The van der Waals surface area contributed by atoms with Gasteiger partial charge in [-0.25, -0.2) is 4.79 Å². The maximum Gasteiger partial charge on any atom is 0.410 e. The van der Waals surface area contributed by atoms with Crippen LogP contribution in [0.5, 0.6) is 0 Å². The maximum absolute atomic E-state index is 12.2. The molecular weight excluding hydrogens is 403 g/mol. The van der Waals surface area contributed by atoms with Crippen molar-refractivity contribution >= 4 is 34.4 Å². The van der Waals surface area contributed by atoms with Crippen molar-refractivity contribution in [2.45, 2.75) is 46.1 Å². The summed E-state index contributed by atoms with van der Waals surface area (Å²) in [6.45, 7) is 10.3. The van der Waals surface area contributed by atoms with Gasteiger partial charge in [0.2, 0.25) is 0 Å². The lowest BCUT2D eigenvalue weighted by molar-refractivity contribution is 0.0172. The molecule has 1 aliphatic heterocycles. The summed E-state index contributed by atoms with van der Waals surface area (Å²) < 4.78 is 6.74. The van der Waals surface area contributed by atoms with Gasteiger partial charge in [0.05, 0.1) is 0 Å². The number of carbonyl (C=O) groups is 1. The fourth-order valence-electron chi connectivity index (χ4n) is 2.80. The second kappa shape index (κ2) is 7.73. The molecule has 1 aromatic rings. The summed E-state index contributed by atoms with van der Waals surface area (Å²) in [6.07, 6.45) is 2.00. The molecule has 5 heteroatoms. The first-order chi connectivity index (χ1) is 10.7. The molecular formula is C18H27IN2O2. The Bertz CT molecular complexity index is 554. The van der Waals surface area contributed by atoms with Crippen LogP contribution in [-0.4, -0.2) is 36.2 Å². The number of piperidine rings is 1. The van der Waals surface area contributed by atoms with Crippen LogP contribution in [-0.2, 0) is 4.74 Å². The lowest BCUT2D eigenvalue weighted by Crippen LogP contribution is -2.44. The van der Waals surface area contributed by atoms with Gasteiger partial charge in [-0.1, -0.05) is 0 Å². The zero-order valence-electron chi connectivity index (χ0n) is 14.5. The second-order valence-electron chi connectivity index (χ2n) is 7.27. The summed E-state index contributed by atoms with van der Waals surface area (Å²) in [7, 11) is 0. The minimum absolute atomic E-state index is 0.187. The van der Waals surface area contributed by atoms with Gasteiger partial charge in [0.15, 0.2) is 0 Å². The fraction of sp³-hybridized carbons (Fsp3) is 0.611. The van der Waals surface area contributed by atoms with E-state index >= 15 is 0 Å². The van der Waals surface area contributed by atoms with E-state index in [1.165, 1.54) is 14.8 Å².